The summed E-state index contributed by atoms with van der Waals surface area (Å²) < 4.78 is -0.0237. The fourth-order valence-electron chi connectivity index (χ4n) is 5.49. The average Bonchev–Trinajstić information content (AvgIpc) is 2.42. The molecule has 3 rings (SSSR count). The van der Waals surface area contributed by atoms with Gasteiger partial charge in [0.25, 0.3) is 0 Å². The molecule has 0 aromatic heterocycles. The minimum Gasteiger partial charge on any atom is -0.634 e. The summed E-state index contributed by atoms with van der Waals surface area (Å²) in [7, 11) is 1.89. The van der Waals surface area contributed by atoms with E-state index in [4.69, 9.17) is 0 Å². The van der Waals surface area contributed by atoms with E-state index in [1.54, 1.807) is 0 Å². The summed E-state index contributed by atoms with van der Waals surface area (Å²) in [6.45, 7) is 3.90. The molecule has 0 spiro atoms. The molecule has 0 aromatic rings. The van der Waals surface area contributed by atoms with Crippen molar-refractivity contribution in [1.82, 2.24) is 0 Å². The van der Waals surface area contributed by atoms with Gasteiger partial charge in [-0.15, -0.1) is 0 Å². The van der Waals surface area contributed by atoms with Gasteiger partial charge in [-0.25, -0.2) is 0 Å². The van der Waals surface area contributed by atoms with E-state index in [0.29, 0.717) is 34.9 Å². The number of likely N-dealkylation sites (tertiary alicyclic amines) is 1. The Morgan fingerprint density at radius 2 is 1.95 bits per heavy atom. The number of quaternary nitrogens is 2. The first-order chi connectivity index (χ1) is 9.97. The van der Waals surface area contributed by atoms with Crippen LogP contribution in [0.2, 0.25) is 0 Å². The maximum absolute atomic E-state index is 12.8. The number of hydrogen-bond donors (Lipinski definition) is 1. The predicted molar refractivity (Wildman–Crippen MR) is 84.3 cm³/mol. The standard InChI is InChI=1S/C17H32N2O2/c1-13-10-14(12-15-6-3-4-8-18(15)20)16-7-5-9-19(2,21)17(16)11-13/h13-18H,3-12H2,1-2H3/t13-,14-,15?,16+,17-,19-/m0/s1. The number of nitrogens with one attached hydrogen (secondary N) is 1. The summed E-state index contributed by atoms with van der Waals surface area (Å²) >= 11 is 0. The van der Waals surface area contributed by atoms with E-state index in [-0.39, 0.29) is 4.65 Å². The number of hydrogen-bond acceptors (Lipinski definition) is 2. The van der Waals surface area contributed by atoms with Gasteiger partial charge in [0.15, 0.2) is 0 Å². The Morgan fingerprint density at radius 3 is 2.71 bits per heavy atom. The average molecular weight is 296 g/mol. The number of fused-ring (bicyclic) bond motifs is 1. The third kappa shape index (κ3) is 3.29. The normalized spacial score (nSPS) is 51.4. The molecule has 7 atom stereocenters. The van der Waals surface area contributed by atoms with E-state index in [0.717, 1.165) is 45.2 Å². The highest BCUT2D eigenvalue weighted by molar-refractivity contribution is 4.89. The van der Waals surface area contributed by atoms with Crippen LogP contribution in [0.15, 0.2) is 0 Å². The van der Waals surface area contributed by atoms with Crippen LogP contribution in [0.1, 0.15) is 58.3 Å². The van der Waals surface area contributed by atoms with Crippen molar-refractivity contribution in [3.63, 3.8) is 0 Å². The van der Waals surface area contributed by atoms with Gasteiger partial charge in [0, 0.05) is 18.8 Å². The molecule has 4 nitrogen and oxygen atoms in total. The largest absolute Gasteiger partial charge is 0.634 e. The highest BCUT2D eigenvalue weighted by Crippen LogP contribution is 2.45. The zero-order valence-corrected chi connectivity index (χ0v) is 13.7. The number of rotatable bonds is 2. The summed E-state index contributed by atoms with van der Waals surface area (Å²) in [6.07, 6.45) is 9.13. The van der Waals surface area contributed by atoms with Crippen LogP contribution in [0.5, 0.6) is 0 Å². The molecule has 2 unspecified atom stereocenters. The quantitative estimate of drug-likeness (QED) is 0.626. The molecule has 122 valence electrons. The monoisotopic (exact) mass is 296 g/mol. The minimum atomic E-state index is -0.0237. The minimum absolute atomic E-state index is 0.0237. The summed E-state index contributed by atoms with van der Waals surface area (Å²) in [6, 6.07) is 0.605. The Hall–Kier alpha value is -0.160. The number of hydroxylamine groups is 5. The van der Waals surface area contributed by atoms with Gasteiger partial charge in [-0.05, 0) is 50.4 Å². The van der Waals surface area contributed by atoms with Gasteiger partial charge in [0.1, 0.15) is 0 Å². The third-order valence-electron chi connectivity index (χ3n) is 6.56. The molecule has 1 aliphatic carbocycles. The predicted octanol–water partition coefficient (Wildman–Crippen LogP) is 2.08. The fourth-order valence-corrected chi connectivity index (χ4v) is 5.49. The van der Waals surface area contributed by atoms with Crippen LogP contribution in [0.3, 0.4) is 0 Å². The summed E-state index contributed by atoms with van der Waals surface area (Å²) in [5.74, 6) is 1.85. The van der Waals surface area contributed by atoms with E-state index in [9.17, 15) is 10.4 Å². The molecule has 2 saturated heterocycles. The lowest BCUT2D eigenvalue weighted by molar-refractivity contribution is -0.899. The van der Waals surface area contributed by atoms with E-state index in [1.165, 1.54) is 19.3 Å². The Bertz CT molecular complexity index is 361. The lowest BCUT2D eigenvalue weighted by atomic mass is 9.65. The van der Waals surface area contributed by atoms with Crippen LogP contribution in [0, 0.1) is 28.2 Å². The van der Waals surface area contributed by atoms with Crippen LogP contribution in [-0.4, -0.2) is 36.9 Å². The van der Waals surface area contributed by atoms with Crippen LogP contribution in [-0.2, 0) is 0 Å². The first-order valence-corrected chi connectivity index (χ1v) is 9.06. The molecule has 0 bridgehead atoms. The molecule has 21 heavy (non-hydrogen) atoms. The summed E-state index contributed by atoms with van der Waals surface area (Å²) in [5.41, 5.74) is 0. The van der Waals surface area contributed by atoms with Gasteiger partial charge in [0.2, 0.25) is 0 Å². The second-order valence-electron chi connectivity index (χ2n) is 8.25. The molecule has 1 N–H and O–H groups in total. The smallest absolute Gasteiger partial charge is 0.0919 e. The zero-order chi connectivity index (χ0) is 15.0. The van der Waals surface area contributed by atoms with Gasteiger partial charge in [0.05, 0.1) is 32.2 Å². The molecule has 2 heterocycles. The van der Waals surface area contributed by atoms with Crippen LogP contribution < -0.4 is 5.06 Å². The Kier molecular flexibility index (Phi) is 4.60. The lowest BCUT2D eigenvalue weighted by Gasteiger charge is -2.57. The van der Waals surface area contributed by atoms with Crippen molar-refractivity contribution in [2.24, 2.45) is 17.8 Å². The van der Waals surface area contributed by atoms with Crippen LogP contribution >= 0.6 is 0 Å². The highest BCUT2D eigenvalue weighted by atomic mass is 16.5. The molecule has 0 radical (unpaired) electrons. The molecule has 3 aliphatic rings. The topological polar surface area (TPSA) is 50.6 Å². The maximum Gasteiger partial charge on any atom is 0.0919 e. The Morgan fingerprint density at radius 1 is 1.14 bits per heavy atom. The van der Waals surface area contributed by atoms with Crippen molar-refractivity contribution in [2.45, 2.75) is 70.4 Å². The molecule has 1 saturated carbocycles. The molecular formula is C17H32N2O2. The highest BCUT2D eigenvalue weighted by Gasteiger charge is 2.46. The van der Waals surface area contributed by atoms with Crippen LogP contribution in [0.25, 0.3) is 0 Å². The molecule has 2 aliphatic heterocycles. The van der Waals surface area contributed by atoms with Gasteiger partial charge in [-0.3, -0.25) is 0 Å². The second-order valence-corrected chi connectivity index (χ2v) is 8.25. The van der Waals surface area contributed by atoms with Crippen molar-refractivity contribution in [3.05, 3.63) is 10.4 Å². The summed E-state index contributed by atoms with van der Waals surface area (Å²) in [4.78, 5) is 0. The summed E-state index contributed by atoms with van der Waals surface area (Å²) in [5, 5.41) is 25.5. The van der Waals surface area contributed by atoms with Gasteiger partial charge in [-0.2, -0.15) is 0 Å². The Balaban J connectivity index is 1.71. The second kappa shape index (κ2) is 6.15. The van der Waals surface area contributed by atoms with Crippen LogP contribution in [0.4, 0.5) is 0 Å². The first-order valence-electron chi connectivity index (χ1n) is 9.06. The van der Waals surface area contributed by atoms with Crippen molar-refractivity contribution in [1.29, 1.82) is 0 Å². The van der Waals surface area contributed by atoms with Crippen molar-refractivity contribution in [2.75, 3.05) is 20.1 Å². The molecule has 0 aromatic carbocycles. The van der Waals surface area contributed by atoms with Crippen molar-refractivity contribution < 1.29 is 9.71 Å². The maximum atomic E-state index is 12.8. The molecular weight excluding hydrogens is 264 g/mol. The van der Waals surface area contributed by atoms with Gasteiger partial charge >= 0.3 is 0 Å². The molecule has 3 fully saturated rings. The lowest BCUT2D eigenvalue weighted by Crippen LogP contribution is -3.12. The van der Waals surface area contributed by atoms with E-state index in [1.807, 2.05) is 7.05 Å². The molecule has 4 heteroatoms. The van der Waals surface area contributed by atoms with E-state index in [2.05, 4.69) is 6.92 Å². The molecule has 0 amide bonds. The first kappa shape index (κ1) is 15.7. The zero-order valence-electron chi connectivity index (χ0n) is 13.7. The fraction of sp³-hybridized carbons (Fsp3) is 1.00. The van der Waals surface area contributed by atoms with Crippen molar-refractivity contribution >= 4 is 0 Å². The van der Waals surface area contributed by atoms with Gasteiger partial charge < -0.3 is 20.1 Å². The van der Waals surface area contributed by atoms with Gasteiger partial charge in [-0.1, -0.05) is 6.92 Å². The Labute approximate surface area is 129 Å². The third-order valence-corrected chi connectivity index (χ3v) is 6.56. The van der Waals surface area contributed by atoms with E-state index < -0.39 is 0 Å². The van der Waals surface area contributed by atoms with E-state index >= 15 is 0 Å². The SMILES string of the molecule is C[C@H]1C[C@@H](CC2CCCC[NH+]2[O-])[C@H]2CCC[N@+](C)([O-])[C@H]2C1. The van der Waals surface area contributed by atoms with Crippen molar-refractivity contribution in [3.8, 4) is 0 Å². The number of nitrogens with zero attached hydrogens (tertiary/aromatic N) is 1. The number of piperidine rings is 2.